The molecule has 0 bridgehead atoms. The van der Waals surface area contributed by atoms with Gasteiger partial charge in [-0.1, -0.05) is 47.4 Å². The van der Waals surface area contributed by atoms with Crippen LogP contribution >= 0.6 is 23.1 Å². The minimum Gasteiger partial charge on any atom is -0.494 e. The Bertz CT molecular complexity index is 991. The largest absolute Gasteiger partial charge is 0.494 e. The van der Waals surface area contributed by atoms with Crippen LogP contribution in [0.2, 0.25) is 0 Å². The van der Waals surface area contributed by atoms with Crippen LogP contribution in [-0.2, 0) is 11.2 Å². The molecule has 0 fully saturated rings. The molecule has 0 saturated carbocycles. The number of carbonyl (C=O) groups excluding carboxylic acids is 1. The van der Waals surface area contributed by atoms with Crippen molar-refractivity contribution in [3.63, 3.8) is 0 Å². The Labute approximate surface area is 184 Å². The molecule has 1 heterocycles. The minimum absolute atomic E-state index is 0.0259. The van der Waals surface area contributed by atoms with Gasteiger partial charge in [-0.05, 0) is 61.6 Å². The van der Waals surface area contributed by atoms with Gasteiger partial charge in [-0.25, -0.2) is 0 Å². The lowest BCUT2D eigenvalue weighted by Crippen LogP contribution is -2.32. The summed E-state index contributed by atoms with van der Waals surface area (Å²) in [5.74, 6) is 1.19. The zero-order valence-electron chi connectivity index (χ0n) is 16.8. The van der Waals surface area contributed by atoms with E-state index in [1.165, 1.54) is 34.2 Å². The molecule has 1 atom stereocenters. The normalized spacial score (nSPS) is 15.3. The van der Waals surface area contributed by atoms with E-state index in [9.17, 15) is 4.79 Å². The van der Waals surface area contributed by atoms with Crippen molar-refractivity contribution in [2.45, 2.75) is 36.6 Å². The smallest absolute Gasteiger partial charge is 0.230 e. The van der Waals surface area contributed by atoms with E-state index < -0.39 is 0 Å². The van der Waals surface area contributed by atoms with Crippen LogP contribution in [0.25, 0.3) is 0 Å². The van der Waals surface area contributed by atoms with Crippen LogP contribution in [0.1, 0.15) is 36.9 Å². The van der Waals surface area contributed by atoms with Crippen molar-refractivity contribution in [3.05, 3.63) is 59.7 Å². The molecular weight excluding hydrogens is 416 g/mol. The third-order valence-electron chi connectivity index (χ3n) is 4.85. The Kier molecular flexibility index (Phi) is 6.86. The number of anilines is 2. The molecule has 1 unspecified atom stereocenters. The summed E-state index contributed by atoms with van der Waals surface area (Å²) in [6.45, 7) is 2.60. The second kappa shape index (κ2) is 9.95. The van der Waals surface area contributed by atoms with Gasteiger partial charge in [0.1, 0.15) is 5.75 Å². The third-order valence-corrected chi connectivity index (χ3v) is 6.83. The minimum atomic E-state index is 0.0259. The first-order chi connectivity index (χ1) is 14.7. The van der Waals surface area contributed by atoms with Gasteiger partial charge in [0.2, 0.25) is 11.0 Å². The van der Waals surface area contributed by atoms with Gasteiger partial charge in [0.05, 0.1) is 18.4 Å². The molecular formula is C22H24N4O2S2. The van der Waals surface area contributed by atoms with E-state index >= 15 is 0 Å². The summed E-state index contributed by atoms with van der Waals surface area (Å²) >= 11 is 2.85. The highest BCUT2D eigenvalue weighted by Crippen LogP contribution is 2.31. The molecule has 0 saturated heterocycles. The predicted molar refractivity (Wildman–Crippen MR) is 122 cm³/mol. The molecule has 30 heavy (non-hydrogen) atoms. The summed E-state index contributed by atoms with van der Waals surface area (Å²) in [5, 5.41) is 15.5. The summed E-state index contributed by atoms with van der Waals surface area (Å²) in [7, 11) is 0. The number of hydrogen-bond donors (Lipinski definition) is 2. The van der Waals surface area contributed by atoms with Gasteiger partial charge in [-0.2, -0.15) is 0 Å². The van der Waals surface area contributed by atoms with Gasteiger partial charge in [-0.3, -0.25) is 4.79 Å². The standard InChI is InChI=1S/C22H24N4O2S2/c1-2-28-17-12-10-16(11-13-17)23-21-25-26-22(30-21)29-14-20(27)24-19-9-5-7-15-6-3-4-8-18(15)19/h3-4,6,8,10-13,19H,2,5,7,9,14H2,1H3,(H,23,25)(H,24,27). The van der Waals surface area contributed by atoms with Crippen LogP contribution in [0.3, 0.4) is 0 Å². The highest BCUT2D eigenvalue weighted by molar-refractivity contribution is 8.01. The molecule has 0 aliphatic heterocycles. The van der Waals surface area contributed by atoms with Gasteiger partial charge < -0.3 is 15.4 Å². The maximum absolute atomic E-state index is 12.5. The quantitative estimate of drug-likeness (QED) is 0.482. The molecule has 4 rings (SSSR count). The number of carbonyl (C=O) groups is 1. The number of nitrogens with zero attached hydrogens (tertiary/aromatic N) is 2. The molecule has 2 aromatic carbocycles. The van der Waals surface area contributed by atoms with Crippen molar-refractivity contribution in [1.82, 2.24) is 15.5 Å². The van der Waals surface area contributed by atoms with Gasteiger partial charge in [0, 0.05) is 5.69 Å². The molecule has 6 nitrogen and oxygen atoms in total. The summed E-state index contributed by atoms with van der Waals surface area (Å²) < 4.78 is 6.22. The average molecular weight is 441 g/mol. The van der Waals surface area contributed by atoms with Crippen molar-refractivity contribution < 1.29 is 9.53 Å². The van der Waals surface area contributed by atoms with Crippen molar-refractivity contribution in [3.8, 4) is 5.75 Å². The van der Waals surface area contributed by atoms with Gasteiger partial charge in [0.15, 0.2) is 4.34 Å². The van der Waals surface area contributed by atoms with Crippen molar-refractivity contribution in [1.29, 1.82) is 0 Å². The van der Waals surface area contributed by atoms with Gasteiger partial charge >= 0.3 is 0 Å². The monoisotopic (exact) mass is 440 g/mol. The summed E-state index contributed by atoms with van der Waals surface area (Å²) in [5.41, 5.74) is 3.51. The second-order valence-electron chi connectivity index (χ2n) is 6.96. The molecule has 0 radical (unpaired) electrons. The SMILES string of the molecule is CCOc1ccc(Nc2nnc(SCC(=O)NC3CCCc4ccccc43)s2)cc1. The van der Waals surface area contributed by atoms with Gasteiger partial charge in [0.25, 0.3) is 0 Å². The molecule has 2 N–H and O–H groups in total. The van der Waals surface area contributed by atoms with E-state index in [-0.39, 0.29) is 11.9 Å². The lowest BCUT2D eigenvalue weighted by Gasteiger charge is -2.26. The van der Waals surface area contributed by atoms with E-state index in [2.05, 4.69) is 39.0 Å². The highest BCUT2D eigenvalue weighted by Gasteiger charge is 2.21. The average Bonchev–Trinajstić information content (AvgIpc) is 3.21. The number of fused-ring (bicyclic) bond motifs is 1. The molecule has 156 valence electrons. The Morgan fingerprint density at radius 2 is 2.03 bits per heavy atom. The molecule has 1 amide bonds. The van der Waals surface area contributed by atoms with Gasteiger partial charge in [-0.15, -0.1) is 10.2 Å². The maximum Gasteiger partial charge on any atom is 0.230 e. The lowest BCUT2D eigenvalue weighted by atomic mass is 9.88. The number of aryl methyl sites for hydroxylation is 1. The molecule has 1 aromatic heterocycles. The zero-order valence-corrected chi connectivity index (χ0v) is 18.4. The molecule has 8 heteroatoms. The van der Waals surface area contributed by atoms with Crippen LogP contribution in [0.5, 0.6) is 5.75 Å². The van der Waals surface area contributed by atoms with Crippen LogP contribution in [0.4, 0.5) is 10.8 Å². The molecule has 1 aliphatic carbocycles. The number of thioether (sulfide) groups is 1. The summed E-state index contributed by atoms with van der Waals surface area (Å²) in [4.78, 5) is 12.5. The topological polar surface area (TPSA) is 76.1 Å². The Balaban J connectivity index is 1.28. The van der Waals surface area contributed by atoms with Crippen molar-refractivity contribution >= 4 is 39.8 Å². The van der Waals surface area contributed by atoms with E-state index in [4.69, 9.17) is 4.74 Å². The zero-order chi connectivity index (χ0) is 20.8. The number of aromatic nitrogens is 2. The number of ether oxygens (including phenoxy) is 1. The Morgan fingerprint density at radius 3 is 2.87 bits per heavy atom. The number of amides is 1. The second-order valence-corrected chi connectivity index (χ2v) is 9.16. The molecule has 3 aromatic rings. The lowest BCUT2D eigenvalue weighted by molar-refractivity contribution is -0.119. The Hall–Kier alpha value is -2.58. The fourth-order valence-electron chi connectivity index (χ4n) is 3.51. The summed E-state index contributed by atoms with van der Waals surface area (Å²) in [6, 6.07) is 16.2. The van der Waals surface area contributed by atoms with Crippen LogP contribution in [-0.4, -0.2) is 28.5 Å². The molecule has 0 spiro atoms. The van der Waals surface area contributed by atoms with Crippen LogP contribution < -0.4 is 15.4 Å². The maximum atomic E-state index is 12.5. The predicted octanol–water partition coefficient (Wildman–Crippen LogP) is 4.97. The summed E-state index contributed by atoms with van der Waals surface area (Å²) in [6.07, 6.45) is 3.18. The van der Waals surface area contributed by atoms with E-state index in [1.54, 1.807) is 0 Å². The first kappa shape index (κ1) is 20.7. The van der Waals surface area contributed by atoms with E-state index in [0.29, 0.717) is 17.5 Å². The fraction of sp³-hybridized carbons (Fsp3) is 0.318. The highest BCUT2D eigenvalue weighted by atomic mass is 32.2. The fourth-order valence-corrected chi connectivity index (χ4v) is 5.09. The Morgan fingerprint density at radius 1 is 1.20 bits per heavy atom. The van der Waals surface area contributed by atoms with Crippen LogP contribution in [0.15, 0.2) is 52.9 Å². The number of benzene rings is 2. The van der Waals surface area contributed by atoms with Crippen molar-refractivity contribution in [2.24, 2.45) is 0 Å². The van der Waals surface area contributed by atoms with E-state index in [1.807, 2.05) is 37.3 Å². The first-order valence-corrected chi connectivity index (χ1v) is 11.8. The molecule has 1 aliphatic rings. The van der Waals surface area contributed by atoms with Crippen LogP contribution in [0, 0.1) is 0 Å². The number of nitrogens with one attached hydrogen (secondary N) is 2. The van der Waals surface area contributed by atoms with Crippen molar-refractivity contribution in [2.75, 3.05) is 17.7 Å². The van der Waals surface area contributed by atoms with E-state index in [0.717, 1.165) is 35.0 Å². The number of hydrogen-bond acceptors (Lipinski definition) is 7. The number of rotatable bonds is 8. The first-order valence-electron chi connectivity index (χ1n) is 10.0. The third kappa shape index (κ3) is 5.31.